The highest BCUT2D eigenvalue weighted by molar-refractivity contribution is 6.35. The van der Waals surface area contributed by atoms with E-state index >= 15 is 0 Å². The molecule has 3 nitrogen and oxygen atoms in total. The Balaban J connectivity index is 2.11. The lowest BCUT2D eigenvalue weighted by Gasteiger charge is -2.24. The van der Waals surface area contributed by atoms with Gasteiger partial charge < -0.3 is 14.6 Å². The number of aromatic hydroxyl groups is 1. The first-order valence-electron chi connectivity index (χ1n) is 5.13. The Kier molecular flexibility index (Phi) is 3.79. The SMILES string of the molecule is Oc1cc(Cl)c(OC2CCCCO2)cc1Cl. The molecule has 0 aliphatic carbocycles. The predicted molar refractivity (Wildman–Crippen MR) is 62.3 cm³/mol. The van der Waals surface area contributed by atoms with Gasteiger partial charge in [-0.05, 0) is 12.8 Å². The van der Waals surface area contributed by atoms with Crippen LogP contribution in [-0.2, 0) is 4.74 Å². The normalized spacial score (nSPS) is 20.8. The summed E-state index contributed by atoms with van der Waals surface area (Å²) < 4.78 is 11.0. The molecule has 0 bridgehead atoms. The fraction of sp³-hybridized carbons (Fsp3) is 0.455. The van der Waals surface area contributed by atoms with Crippen molar-refractivity contribution in [2.45, 2.75) is 25.6 Å². The standard InChI is InChI=1S/C11H12Cl2O3/c12-7-6-10(8(13)5-9(7)14)16-11-3-1-2-4-15-11/h5-6,11,14H,1-4H2. The van der Waals surface area contributed by atoms with E-state index in [1.807, 2.05) is 0 Å². The zero-order chi connectivity index (χ0) is 11.5. The molecule has 1 aromatic carbocycles. The van der Waals surface area contributed by atoms with Crippen molar-refractivity contribution in [2.75, 3.05) is 6.61 Å². The van der Waals surface area contributed by atoms with Crippen LogP contribution in [0.4, 0.5) is 0 Å². The summed E-state index contributed by atoms with van der Waals surface area (Å²) in [4.78, 5) is 0. The second-order valence-electron chi connectivity index (χ2n) is 3.65. The van der Waals surface area contributed by atoms with Crippen LogP contribution in [0.15, 0.2) is 12.1 Å². The number of halogens is 2. The highest BCUT2D eigenvalue weighted by atomic mass is 35.5. The van der Waals surface area contributed by atoms with E-state index in [2.05, 4.69) is 0 Å². The van der Waals surface area contributed by atoms with Gasteiger partial charge >= 0.3 is 0 Å². The van der Waals surface area contributed by atoms with Crippen molar-refractivity contribution in [3.05, 3.63) is 22.2 Å². The third kappa shape index (κ3) is 2.73. The van der Waals surface area contributed by atoms with Crippen LogP contribution in [-0.4, -0.2) is 18.0 Å². The van der Waals surface area contributed by atoms with Gasteiger partial charge in [0, 0.05) is 18.6 Å². The minimum atomic E-state index is -0.271. The molecule has 2 rings (SSSR count). The molecule has 1 aromatic rings. The van der Waals surface area contributed by atoms with Crippen LogP contribution in [0.1, 0.15) is 19.3 Å². The van der Waals surface area contributed by atoms with Crippen molar-refractivity contribution in [3.8, 4) is 11.5 Å². The number of benzene rings is 1. The molecule has 0 radical (unpaired) electrons. The lowest BCUT2D eigenvalue weighted by atomic mass is 10.2. The summed E-state index contributed by atoms with van der Waals surface area (Å²) >= 11 is 11.7. The van der Waals surface area contributed by atoms with Crippen molar-refractivity contribution in [3.63, 3.8) is 0 Å². The highest BCUT2D eigenvalue weighted by Gasteiger charge is 2.17. The Bertz CT molecular complexity index is 376. The zero-order valence-electron chi connectivity index (χ0n) is 8.58. The molecule has 1 aliphatic rings. The van der Waals surface area contributed by atoms with E-state index in [1.54, 1.807) is 0 Å². The number of rotatable bonds is 2. The Hall–Kier alpha value is -0.640. The minimum Gasteiger partial charge on any atom is -0.506 e. The molecular formula is C11H12Cl2O3. The monoisotopic (exact) mass is 262 g/mol. The summed E-state index contributed by atoms with van der Waals surface area (Å²) in [6.07, 6.45) is 2.71. The number of phenols is 1. The number of hydrogen-bond acceptors (Lipinski definition) is 3. The average Bonchev–Trinajstić information content (AvgIpc) is 2.27. The summed E-state index contributed by atoms with van der Waals surface area (Å²) in [5, 5.41) is 9.87. The maximum absolute atomic E-state index is 9.33. The van der Waals surface area contributed by atoms with E-state index in [4.69, 9.17) is 32.7 Å². The van der Waals surface area contributed by atoms with Crippen LogP contribution in [0.2, 0.25) is 10.0 Å². The molecule has 1 aliphatic heterocycles. The summed E-state index contributed by atoms with van der Waals surface area (Å²) in [5.41, 5.74) is 0. The maximum atomic E-state index is 9.33. The fourth-order valence-electron chi connectivity index (χ4n) is 1.55. The van der Waals surface area contributed by atoms with Gasteiger partial charge in [0.2, 0.25) is 0 Å². The van der Waals surface area contributed by atoms with Crippen LogP contribution >= 0.6 is 23.2 Å². The molecule has 0 amide bonds. The summed E-state index contributed by atoms with van der Waals surface area (Å²) in [6.45, 7) is 0.702. The van der Waals surface area contributed by atoms with Crippen molar-refractivity contribution < 1.29 is 14.6 Å². The van der Waals surface area contributed by atoms with E-state index in [0.717, 1.165) is 19.3 Å². The summed E-state index contributed by atoms with van der Waals surface area (Å²) in [7, 11) is 0. The van der Waals surface area contributed by atoms with E-state index in [0.29, 0.717) is 17.4 Å². The van der Waals surface area contributed by atoms with Crippen LogP contribution in [0.5, 0.6) is 11.5 Å². The maximum Gasteiger partial charge on any atom is 0.199 e. The van der Waals surface area contributed by atoms with E-state index in [1.165, 1.54) is 12.1 Å². The molecule has 0 saturated carbocycles. The Morgan fingerprint density at radius 2 is 2.06 bits per heavy atom. The van der Waals surface area contributed by atoms with Gasteiger partial charge in [-0.2, -0.15) is 0 Å². The van der Waals surface area contributed by atoms with Crippen LogP contribution < -0.4 is 4.74 Å². The van der Waals surface area contributed by atoms with Gasteiger partial charge in [0.25, 0.3) is 0 Å². The highest BCUT2D eigenvalue weighted by Crippen LogP contribution is 2.36. The average molecular weight is 263 g/mol. The van der Waals surface area contributed by atoms with Gasteiger partial charge in [-0.3, -0.25) is 0 Å². The molecule has 1 unspecified atom stereocenters. The van der Waals surface area contributed by atoms with Gasteiger partial charge in [-0.15, -0.1) is 0 Å². The third-order valence-electron chi connectivity index (χ3n) is 2.40. The largest absolute Gasteiger partial charge is 0.506 e. The molecule has 5 heteroatoms. The second-order valence-corrected chi connectivity index (χ2v) is 4.46. The first-order chi connectivity index (χ1) is 7.66. The smallest absolute Gasteiger partial charge is 0.199 e. The van der Waals surface area contributed by atoms with Gasteiger partial charge in [-0.25, -0.2) is 0 Å². The predicted octanol–water partition coefficient (Wildman–Crippen LogP) is 3.60. The molecule has 1 saturated heterocycles. The molecule has 1 N–H and O–H groups in total. The lowest BCUT2D eigenvalue weighted by molar-refractivity contribution is -0.105. The van der Waals surface area contributed by atoms with Gasteiger partial charge in [-0.1, -0.05) is 23.2 Å². The Morgan fingerprint density at radius 3 is 2.75 bits per heavy atom. The lowest BCUT2D eigenvalue weighted by Crippen LogP contribution is -2.25. The van der Waals surface area contributed by atoms with Crippen molar-refractivity contribution in [1.29, 1.82) is 0 Å². The first kappa shape index (κ1) is 11.8. The number of hydrogen-bond donors (Lipinski definition) is 1. The van der Waals surface area contributed by atoms with Crippen molar-refractivity contribution in [1.82, 2.24) is 0 Å². The molecule has 0 aromatic heterocycles. The van der Waals surface area contributed by atoms with Gasteiger partial charge in [0.05, 0.1) is 16.7 Å². The molecule has 1 fully saturated rings. The van der Waals surface area contributed by atoms with Crippen LogP contribution in [0.3, 0.4) is 0 Å². The van der Waals surface area contributed by atoms with E-state index in [-0.39, 0.29) is 17.1 Å². The van der Waals surface area contributed by atoms with Gasteiger partial charge in [0.1, 0.15) is 11.5 Å². The minimum absolute atomic E-state index is 0.0522. The Morgan fingerprint density at radius 1 is 1.25 bits per heavy atom. The van der Waals surface area contributed by atoms with Crippen LogP contribution in [0, 0.1) is 0 Å². The third-order valence-corrected chi connectivity index (χ3v) is 3.00. The first-order valence-corrected chi connectivity index (χ1v) is 5.88. The summed E-state index contributed by atoms with van der Waals surface area (Å²) in [5.74, 6) is 0.389. The second kappa shape index (κ2) is 5.13. The topological polar surface area (TPSA) is 38.7 Å². The number of phenolic OH excluding ortho intramolecular Hbond substituents is 1. The molecule has 1 heterocycles. The van der Waals surface area contributed by atoms with Crippen molar-refractivity contribution >= 4 is 23.2 Å². The van der Waals surface area contributed by atoms with Crippen molar-refractivity contribution in [2.24, 2.45) is 0 Å². The molecule has 16 heavy (non-hydrogen) atoms. The molecule has 1 atom stereocenters. The molecular weight excluding hydrogens is 251 g/mol. The van der Waals surface area contributed by atoms with Gasteiger partial charge in [0.15, 0.2) is 6.29 Å². The van der Waals surface area contributed by atoms with Crippen LogP contribution in [0.25, 0.3) is 0 Å². The number of ether oxygens (including phenoxy) is 2. The Labute approximate surface area is 104 Å². The quantitative estimate of drug-likeness (QED) is 0.885. The zero-order valence-corrected chi connectivity index (χ0v) is 10.1. The fourth-order valence-corrected chi connectivity index (χ4v) is 1.91. The van der Waals surface area contributed by atoms with E-state index < -0.39 is 0 Å². The molecule has 88 valence electrons. The summed E-state index contributed by atoms with van der Waals surface area (Å²) in [6, 6.07) is 2.86. The van der Waals surface area contributed by atoms with E-state index in [9.17, 15) is 5.11 Å². The molecule has 0 spiro atoms.